The lowest BCUT2D eigenvalue weighted by Crippen LogP contribution is -2.31. The molecule has 6 heteroatoms. The van der Waals surface area contributed by atoms with Crippen LogP contribution < -0.4 is 4.74 Å². The van der Waals surface area contributed by atoms with E-state index in [4.69, 9.17) is 14.0 Å². The second-order valence-corrected chi connectivity index (χ2v) is 6.31. The van der Waals surface area contributed by atoms with Gasteiger partial charge in [0.15, 0.2) is 11.5 Å². The molecule has 6 nitrogen and oxygen atoms in total. The Balaban J connectivity index is 1.61. The molecule has 1 atom stereocenters. The van der Waals surface area contributed by atoms with Crippen LogP contribution in [-0.4, -0.2) is 49.4 Å². The maximum absolute atomic E-state index is 12.5. The lowest BCUT2D eigenvalue weighted by Gasteiger charge is -2.24. The smallest absolute Gasteiger partial charge is 0.275 e. The molecule has 3 rings (SSSR count). The van der Waals surface area contributed by atoms with Crippen LogP contribution in [0.15, 0.2) is 34.9 Å². The predicted molar refractivity (Wildman–Crippen MR) is 93.7 cm³/mol. The number of nitrogens with zero attached hydrogens (tertiary/aromatic N) is 2. The monoisotopic (exact) mass is 344 g/mol. The zero-order valence-corrected chi connectivity index (χ0v) is 14.7. The van der Waals surface area contributed by atoms with Gasteiger partial charge in [0.1, 0.15) is 5.75 Å². The number of hydrogen-bond acceptors (Lipinski definition) is 5. The van der Waals surface area contributed by atoms with Crippen LogP contribution in [-0.2, 0) is 4.74 Å². The van der Waals surface area contributed by atoms with Gasteiger partial charge in [0, 0.05) is 31.8 Å². The fraction of sp³-hybridized carbons (Fsp3) is 0.474. The minimum atomic E-state index is -0.145. The van der Waals surface area contributed by atoms with Crippen LogP contribution in [0.1, 0.15) is 36.2 Å². The molecular formula is C19H24N2O4. The summed E-state index contributed by atoms with van der Waals surface area (Å²) in [5.74, 6) is 1.13. The van der Waals surface area contributed by atoms with Crippen LogP contribution in [0.25, 0.3) is 11.3 Å². The highest BCUT2D eigenvalue weighted by molar-refractivity contribution is 5.93. The van der Waals surface area contributed by atoms with Crippen molar-refractivity contribution in [1.29, 1.82) is 0 Å². The highest BCUT2D eigenvalue weighted by Gasteiger charge is 2.20. The lowest BCUT2D eigenvalue weighted by atomic mass is 10.1. The highest BCUT2D eigenvalue weighted by Crippen LogP contribution is 2.25. The molecule has 1 amide bonds. The van der Waals surface area contributed by atoms with Gasteiger partial charge in [-0.05, 0) is 37.8 Å². The Hall–Kier alpha value is -2.34. The van der Waals surface area contributed by atoms with E-state index in [1.165, 1.54) is 6.42 Å². The predicted octanol–water partition coefficient (Wildman–Crippen LogP) is 3.38. The molecule has 1 unspecified atom stereocenters. The fourth-order valence-corrected chi connectivity index (χ4v) is 2.96. The Kier molecular flexibility index (Phi) is 5.71. The molecule has 1 aliphatic rings. The van der Waals surface area contributed by atoms with Crippen molar-refractivity contribution in [3.05, 3.63) is 36.0 Å². The number of carbonyl (C=O) groups is 1. The normalized spacial score (nSPS) is 17.3. The number of amides is 1. The lowest BCUT2D eigenvalue weighted by molar-refractivity contribution is 0.00703. The van der Waals surface area contributed by atoms with Crippen molar-refractivity contribution in [2.45, 2.75) is 31.8 Å². The number of hydrogen-bond donors (Lipinski definition) is 0. The van der Waals surface area contributed by atoms with E-state index in [1.807, 2.05) is 24.3 Å². The van der Waals surface area contributed by atoms with E-state index in [0.717, 1.165) is 37.2 Å². The molecule has 0 N–H and O–H groups in total. The van der Waals surface area contributed by atoms with E-state index in [2.05, 4.69) is 5.16 Å². The van der Waals surface area contributed by atoms with Crippen LogP contribution in [0.5, 0.6) is 5.75 Å². The Morgan fingerprint density at radius 3 is 3.00 bits per heavy atom. The molecule has 0 bridgehead atoms. The molecule has 0 aliphatic carbocycles. The van der Waals surface area contributed by atoms with Crippen molar-refractivity contribution in [1.82, 2.24) is 10.1 Å². The second-order valence-electron chi connectivity index (χ2n) is 6.31. The van der Waals surface area contributed by atoms with Gasteiger partial charge in [-0.25, -0.2) is 0 Å². The number of benzene rings is 1. The van der Waals surface area contributed by atoms with Crippen molar-refractivity contribution < 1.29 is 18.8 Å². The van der Waals surface area contributed by atoms with Crippen molar-refractivity contribution in [3.63, 3.8) is 0 Å². The zero-order chi connectivity index (χ0) is 17.6. The molecule has 1 aromatic carbocycles. The largest absolute Gasteiger partial charge is 0.497 e. The summed E-state index contributed by atoms with van der Waals surface area (Å²) >= 11 is 0. The van der Waals surface area contributed by atoms with Gasteiger partial charge in [-0.2, -0.15) is 0 Å². The fourth-order valence-electron chi connectivity index (χ4n) is 2.96. The maximum atomic E-state index is 12.5. The molecule has 0 radical (unpaired) electrons. The topological polar surface area (TPSA) is 64.8 Å². The first-order valence-electron chi connectivity index (χ1n) is 8.65. The molecule has 134 valence electrons. The molecule has 1 aromatic heterocycles. The first kappa shape index (κ1) is 17.5. The number of methoxy groups -OCH3 is 1. The van der Waals surface area contributed by atoms with Gasteiger partial charge in [-0.1, -0.05) is 17.3 Å². The average Bonchev–Trinajstić information content (AvgIpc) is 3.16. The van der Waals surface area contributed by atoms with E-state index in [9.17, 15) is 4.79 Å². The third-order valence-electron chi connectivity index (χ3n) is 4.49. The summed E-state index contributed by atoms with van der Waals surface area (Å²) in [6, 6.07) is 9.13. The quantitative estimate of drug-likeness (QED) is 0.804. The van der Waals surface area contributed by atoms with Gasteiger partial charge in [0.2, 0.25) is 0 Å². The molecular weight excluding hydrogens is 320 g/mol. The van der Waals surface area contributed by atoms with Crippen LogP contribution >= 0.6 is 0 Å². The van der Waals surface area contributed by atoms with Crippen LogP contribution in [0.2, 0.25) is 0 Å². The van der Waals surface area contributed by atoms with E-state index >= 15 is 0 Å². The van der Waals surface area contributed by atoms with E-state index in [1.54, 1.807) is 25.1 Å². The maximum Gasteiger partial charge on any atom is 0.275 e. The van der Waals surface area contributed by atoms with Crippen molar-refractivity contribution >= 4 is 5.91 Å². The van der Waals surface area contributed by atoms with Gasteiger partial charge in [0.05, 0.1) is 13.2 Å². The number of ether oxygens (including phenoxy) is 2. The average molecular weight is 344 g/mol. The van der Waals surface area contributed by atoms with Crippen LogP contribution in [0.3, 0.4) is 0 Å². The summed E-state index contributed by atoms with van der Waals surface area (Å²) in [5.41, 5.74) is 1.13. The minimum absolute atomic E-state index is 0.145. The summed E-state index contributed by atoms with van der Waals surface area (Å²) in [7, 11) is 3.39. The summed E-state index contributed by atoms with van der Waals surface area (Å²) in [5, 5.41) is 3.93. The molecule has 2 aromatic rings. The second kappa shape index (κ2) is 8.16. The minimum Gasteiger partial charge on any atom is -0.497 e. The summed E-state index contributed by atoms with van der Waals surface area (Å²) < 4.78 is 16.3. The number of rotatable bonds is 6. The number of aromatic nitrogens is 1. The molecule has 1 fully saturated rings. The van der Waals surface area contributed by atoms with Gasteiger partial charge in [-0.3, -0.25) is 4.79 Å². The highest BCUT2D eigenvalue weighted by atomic mass is 16.5. The molecule has 25 heavy (non-hydrogen) atoms. The first-order chi connectivity index (χ1) is 12.2. The van der Waals surface area contributed by atoms with Crippen LogP contribution in [0, 0.1) is 0 Å². The summed E-state index contributed by atoms with van der Waals surface area (Å²) in [6.07, 6.45) is 4.52. The third-order valence-corrected chi connectivity index (χ3v) is 4.49. The molecule has 2 heterocycles. The van der Waals surface area contributed by atoms with Crippen molar-refractivity contribution in [3.8, 4) is 17.1 Å². The molecule has 1 saturated heterocycles. The SMILES string of the molecule is COc1cccc(-c2cc(C(=O)N(C)CCC3CCCCO3)no2)c1. The first-order valence-corrected chi connectivity index (χ1v) is 8.65. The summed E-state index contributed by atoms with van der Waals surface area (Å²) in [6.45, 7) is 1.47. The van der Waals surface area contributed by atoms with E-state index in [0.29, 0.717) is 18.0 Å². The van der Waals surface area contributed by atoms with Crippen LogP contribution in [0.4, 0.5) is 0 Å². The summed E-state index contributed by atoms with van der Waals surface area (Å²) in [4.78, 5) is 14.2. The standard InChI is InChI=1S/C19H24N2O4/c1-21(10-9-15-7-3-4-11-24-15)19(22)17-13-18(25-20-17)14-6-5-8-16(12-14)23-2/h5-6,8,12-13,15H,3-4,7,9-11H2,1-2H3. The number of carbonyl (C=O) groups excluding carboxylic acids is 1. The molecule has 0 saturated carbocycles. The molecule has 0 spiro atoms. The van der Waals surface area contributed by atoms with Gasteiger partial charge < -0.3 is 18.9 Å². The van der Waals surface area contributed by atoms with Gasteiger partial charge >= 0.3 is 0 Å². The van der Waals surface area contributed by atoms with Crippen molar-refractivity contribution in [2.24, 2.45) is 0 Å². The van der Waals surface area contributed by atoms with Gasteiger partial charge in [-0.15, -0.1) is 0 Å². The van der Waals surface area contributed by atoms with Crippen molar-refractivity contribution in [2.75, 3.05) is 27.3 Å². The Morgan fingerprint density at radius 1 is 1.36 bits per heavy atom. The van der Waals surface area contributed by atoms with E-state index < -0.39 is 0 Å². The van der Waals surface area contributed by atoms with Gasteiger partial charge in [0.25, 0.3) is 5.91 Å². The Bertz CT molecular complexity index is 707. The zero-order valence-electron chi connectivity index (χ0n) is 14.7. The third kappa shape index (κ3) is 4.39. The Labute approximate surface area is 147 Å². The van der Waals surface area contributed by atoms with E-state index in [-0.39, 0.29) is 12.0 Å². The molecule has 1 aliphatic heterocycles. The Morgan fingerprint density at radius 2 is 2.24 bits per heavy atom.